The zero-order chi connectivity index (χ0) is 12.1. The van der Waals surface area contributed by atoms with E-state index in [1.807, 2.05) is 25.2 Å². The summed E-state index contributed by atoms with van der Waals surface area (Å²) in [6.45, 7) is 1.34. The van der Waals surface area contributed by atoms with E-state index in [0.717, 1.165) is 18.0 Å². The summed E-state index contributed by atoms with van der Waals surface area (Å²) in [4.78, 5) is 6.48. The molecule has 17 heavy (non-hydrogen) atoms. The highest BCUT2D eigenvalue weighted by molar-refractivity contribution is 5.46. The van der Waals surface area contributed by atoms with Crippen LogP contribution in [0.2, 0.25) is 0 Å². The Bertz CT molecular complexity index is 453. The second-order valence-corrected chi connectivity index (χ2v) is 3.96. The maximum Gasteiger partial charge on any atom is 0.131 e. The third kappa shape index (κ3) is 2.85. The molecule has 2 aromatic heterocycles. The molecule has 0 atom stereocenters. The number of furan rings is 1. The van der Waals surface area contributed by atoms with Gasteiger partial charge in [0.1, 0.15) is 11.6 Å². The van der Waals surface area contributed by atoms with Gasteiger partial charge in [-0.25, -0.2) is 4.98 Å². The van der Waals surface area contributed by atoms with E-state index in [1.54, 1.807) is 12.5 Å². The van der Waals surface area contributed by atoms with Gasteiger partial charge in [0, 0.05) is 13.2 Å². The first-order valence-electron chi connectivity index (χ1n) is 5.68. The molecule has 0 saturated heterocycles. The highest BCUT2D eigenvalue weighted by atomic mass is 16.3. The van der Waals surface area contributed by atoms with Crippen LogP contribution in [0.25, 0.3) is 0 Å². The highest BCUT2D eigenvalue weighted by Crippen LogP contribution is 2.18. The van der Waals surface area contributed by atoms with Crippen molar-refractivity contribution < 1.29 is 4.42 Å². The molecule has 4 heteroatoms. The van der Waals surface area contributed by atoms with Crippen molar-refractivity contribution in [1.82, 2.24) is 4.98 Å². The fourth-order valence-corrected chi connectivity index (χ4v) is 1.84. The lowest BCUT2D eigenvalue weighted by molar-refractivity contribution is 0.506. The van der Waals surface area contributed by atoms with Crippen LogP contribution < -0.4 is 10.6 Å². The van der Waals surface area contributed by atoms with Crippen LogP contribution in [0.3, 0.4) is 0 Å². The van der Waals surface area contributed by atoms with E-state index >= 15 is 0 Å². The first kappa shape index (κ1) is 11.7. The number of hydrogen-bond acceptors (Lipinski definition) is 4. The molecular formula is C13H17N3O. The second-order valence-electron chi connectivity index (χ2n) is 3.96. The molecule has 0 unspecified atom stereocenters. The summed E-state index contributed by atoms with van der Waals surface area (Å²) < 4.78 is 5.33. The van der Waals surface area contributed by atoms with Crippen molar-refractivity contribution in [2.45, 2.75) is 13.0 Å². The van der Waals surface area contributed by atoms with Crippen molar-refractivity contribution in [3.8, 4) is 0 Å². The smallest absolute Gasteiger partial charge is 0.131 e. The topological polar surface area (TPSA) is 55.3 Å². The van der Waals surface area contributed by atoms with E-state index in [0.29, 0.717) is 13.1 Å². The fourth-order valence-electron chi connectivity index (χ4n) is 1.84. The minimum Gasteiger partial charge on any atom is -0.467 e. The summed E-state index contributed by atoms with van der Waals surface area (Å²) in [5, 5.41) is 0. The maximum atomic E-state index is 5.60. The number of aromatic nitrogens is 1. The van der Waals surface area contributed by atoms with Crippen LogP contribution in [0, 0.1) is 0 Å². The minimum absolute atomic E-state index is 0.632. The Kier molecular flexibility index (Phi) is 3.77. The monoisotopic (exact) mass is 231 g/mol. The van der Waals surface area contributed by atoms with Gasteiger partial charge in [-0.1, -0.05) is 6.07 Å². The average molecular weight is 231 g/mol. The summed E-state index contributed by atoms with van der Waals surface area (Å²) in [7, 11) is 2.00. The van der Waals surface area contributed by atoms with E-state index in [9.17, 15) is 0 Å². The van der Waals surface area contributed by atoms with Crippen LogP contribution in [-0.2, 0) is 13.0 Å². The maximum absolute atomic E-state index is 5.60. The molecule has 2 heterocycles. The highest BCUT2D eigenvalue weighted by Gasteiger charge is 2.09. The average Bonchev–Trinajstić information content (AvgIpc) is 2.83. The molecule has 0 fully saturated rings. The van der Waals surface area contributed by atoms with Crippen molar-refractivity contribution in [3.05, 3.63) is 48.0 Å². The molecule has 0 amide bonds. The molecule has 0 aliphatic carbocycles. The van der Waals surface area contributed by atoms with Crippen LogP contribution in [0.1, 0.15) is 11.3 Å². The summed E-state index contributed by atoms with van der Waals surface area (Å²) in [6.07, 6.45) is 4.32. The predicted octanol–water partition coefficient (Wildman–Crippen LogP) is 1.81. The molecule has 0 saturated carbocycles. The lowest BCUT2D eigenvalue weighted by atomic mass is 10.2. The SMILES string of the molecule is CN(Cc1ccco1)c1ncccc1CCN. The quantitative estimate of drug-likeness (QED) is 0.852. The van der Waals surface area contributed by atoms with Crippen LogP contribution >= 0.6 is 0 Å². The van der Waals surface area contributed by atoms with Gasteiger partial charge in [0.25, 0.3) is 0 Å². The first-order valence-corrected chi connectivity index (χ1v) is 5.68. The van der Waals surface area contributed by atoms with Gasteiger partial charge in [-0.3, -0.25) is 0 Å². The molecule has 0 aromatic carbocycles. The lowest BCUT2D eigenvalue weighted by Crippen LogP contribution is -2.20. The molecule has 0 aliphatic rings. The Morgan fingerprint density at radius 2 is 2.24 bits per heavy atom. The number of rotatable bonds is 5. The summed E-state index contributed by atoms with van der Waals surface area (Å²) in [5.41, 5.74) is 6.77. The second kappa shape index (κ2) is 5.50. The van der Waals surface area contributed by atoms with E-state index in [-0.39, 0.29) is 0 Å². The van der Waals surface area contributed by atoms with Crippen molar-refractivity contribution >= 4 is 5.82 Å². The zero-order valence-electron chi connectivity index (χ0n) is 9.97. The van der Waals surface area contributed by atoms with Gasteiger partial charge in [0.15, 0.2) is 0 Å². The first-order chi connectivity index (χ1) is 8.31. The van der Waals surface area contributed by atoms with Gasteiger partial charge >= 0.3 is 0 Å². The van der Waals surface area contributed by atoms with Gasteiger partial charge in [0.05, 0.1) is 12.8 Å². The normalized spacial score (nSPS) is 10.5. The fraction of sp³-hybridized carbons (Fsp3) is 0.308. The van der Waals surface area contributed by atoms with E-state index in [4.69, 9.17) is 10.2 Å². The van der Waals surface area contributed by atoms with Gasteiger partial charge in [-0.2, -0.15) is 0 Å². The number of nitrogens with zero attached hydrogens (tertiary/aromatic N) is 2. The van der Waals surface area contributed by atoms with Gasteiger partial charge in [-0.15, -0.1) is 0 Å². The van der Waals surface area contributed by atoms with Gasteiger partial charge < -0.3 is 15.1 Å². The minimum atomic E-state index is 0.632. The largest absolute Gasteiger partial charge is 0.467 e. The van der Waals surface area contributed by atoms with Crippen molar-refractivity contribution in [2.75, 3.05) is 18.5 Å². The van der Waals surface area contributed by atoms with Crippen molar-refractivity contribution in [3.63, 3.8) is 0 Å². The number of pyridine rings is 1. The lowest BCUT2D eigenvalue weighted by Gasteiger charge is -2.19. The van der Waals surface area contributed by atoms with Crippen LogP contribution in [0.5, 0.6) is 0 Å². The standard InChI is InChI=1S/C13H17N3O/c1-16(10-12-5-3-9-17-12)13-11(6-7-14)4-2-8-15-13/h2-5,8-9H,6-7,10,14H2,1H3. The van der Waals surface area contributed by atoms with E-state index in [1.165, 1.54) is 5.56 Å². The Morgan fingerprint density at radius 3 is 2.94 bits per heavy atom. The Balaban J connectivity index is 2.15. The van der Waals surface area contributed by atoms with Crippen LogP contribution in [-0.4, -0.2) is 18.6 Å². The third-order valence-corrected chi connectivity index (χ3v) is 2.62. The number of anilines is 1. The summed E-state index contributed by atoms with van der Waals surface area (Å²) in [6, 6.07) is 7.85. The van der Waals surface area contributed by atoms with Gasteiger partial charge in [-0.05, 0) is 36.7 Å². The molecule has 2 aromatic rings. The van der Waals surface area contributed by atoms with E-state index in [2.05, 4.69) is 16.0 Å². The third-order valence-electron chi connectivity index (χ3n) is 2.62. The van der Waals surface area contributed by atoms with Gasteiger partial charge in [0.2, 0.25) is 0 Å². The van der Waals surface area contributed by atoms with E-state index < -0.39 is 0 Å². The van der Waals surface area contributed by atoms with Crippen molar-refractivity contribution in [2.24, 2.45) is 5.73 Å². The molecule has 2 N–H and O–H groups in total. The van der Waals surface area contributed by atoms with Crippen LogP contribution in [0.15, 0.2) is 41.1 Å². The molecule has 90 valence electrons. The number of hydrogen-bond donors (Lipinski definition) is 1. The molecule has 2 rings (SSSR count). The van der Waals surface area contributed by atoms with Crippen LogP contribution in [0.4, 0.5) is 5.82 Å². The Morgan fingerprint density at radius 1 is 1.35 bits per heavy atom. The van der Waals surface area contributed by atoms with Crippen molar-refractivity contribution in [1.29, 1.82) is 0 Å². The zero-order valence-corrected chi connectivity index (χ0v) is 9.97. The Labute approximate surface area is 101 Å². The predicted molar refractivity (Wildman–Crippen MR) is 67.8 cm³/mol. The number of nitrogens with two attached hydrogens (primary N) is 1. The molecular weight excluding hydrogens is 214 g/mol. The molecule has 4 nitrogen and oxygen atoms in total. The Hall–Kier alpha value is -1.81. The molecule has 0 bridgehead atoms. The summed E-state index contributed by atoms with van der Waals surface area (Å²) in [5.74, 6) is 1.89. The summed E-state index contributed by atoms with van der Waals surface area (Å²) >= 11 is 0. The molecule has 0 aliphatic heterocycles. The molecule has 0 radical (unpaired) electrons. The molecule has 0 spiro atoms.